The largest absolute Gasteiger partial charge is 0.469 e. The van der Waals surface area contributed by atoms with E-state index in [4.69, 9.17) is 4.42 Å². The fourth-order valence-corrected chi connectivity index (χ4v) is 2.73. The van der Waals surface area contributed by atoms with E-state index >= 15 is 0 Å². The van der Waals surface area contributed by atoms with Crippen molar-refractivity contribution in [2.75, 3.05) is 7.05 Å². The van der Waals surface area contributed by atoms with Gasteiger partial charge in [0.25, 0.3) is 0 Å². The van der Waals surface area contributed by atoms with Crippen LogP contribution in [0.4, 0.5) is 0 Å². The normalized spacial score (nSPS) is 12.7. The van der Waals surface area contributed by atoms with Crippen LogP contribution >= 0.6 is 0 Å². The summed E-state index contributed by atoms with van der Waals surface area (Å²) in [5, 5.41) is 3.44. The predicted molar refractivity (Wildman–Crippen MR) is 87.1 cm³/mol. The summed E-state index contributed by atoms with van der Waals surface area (Å²) in [4.78, 5) is 0. The minimum absolute atomic E-state index is 0.639. The van der Waals surface area contributed by atoms with Gasteiger partial charge in [0.2, 0.25) is 0 Å². The molecule has 0 bridgehead atoms. The average molecular weight is 279 g/mol. The smallest absolute Gasteiger partial charge is 0.103 e. The zero-order chi connectivity index (χ0) is 14.5. The first-order valence-corrected chi connectivity index (χ1v) is 8.56. The monoisotopic (exact) mass is 279 g/mol. The quantitative estimate of drug-likeness (QED) is 0.494. The van der Waals surface area contributed by atoms with Crippen LogP contribution in [0.5, 0.6) is 0 Å². The van der Waals surface area contributed by atoms with Crippen LogP contribution in [0.15, 0.2) is 22.8 Å². The average Bonchev–Trinajstić information content (AvgIpc) is 2.98. The molecule has 0 saturated heterocycles. The molecule has 0 aromatic carbocycles. The maximum atomic E-state index is 5.39. The van der Waals surface area contributed by atoms with E-state index in [1.54, 1.807) is 6.26 Å². The lowest BCUT2D eigenvalue weighted by Gasteiger charge is -2.15. The standard InChI is InChI=1S/C18H33NO/c1-3-4-5-6-7-8-9-10-12-17(19-2)14-15-18-13-11-16-20-18/h11,13,16-17,19H,3-10,12,14-15H2,1-2H3. The van der Waals surface area contributed by atoms with E-state index in [1.165, 1.54) is 64.2 Å². The molecule has 1 aromatic heterocycles. The third-order valence-corrected chi connectivity index (χ3v) is 4.13. The summed E-state index contributed by atoms with van der Waals surface area (Å²) < 4.78 is 5.39. The molecule has 1 unspecified atom stereocenters. The van der Waals surface area contributed by atoms with E-state index in [2.05, 4.69) is 25.4 Å². The second-order valence-electron chi connectivity index (χ2n) is 5.87. The Kier molecular flexibility index (Phi) is 10.4. The Labute approximate surface area is 125 Å². The number of furan rings is 1. The molecular weight excluding hydrogens is 246 g/mol. The summed E-state index contributed by atoms with van der Waals surface area (Å²) >= 11 is 0. The summed E-state index contributed by atoms with van der Waals surface area (Å²) in [6, 6.07) is 4.69. The number of rotatable bonds is 13. The van der Waals surface area contributed by atoms with Gasteiger partial charge < -0.3 is 9.73 Å². The Morgan fingerprint density at radius 1 is 1.00 bits per heavy atom. The van der Waals surface area contributed by atoms with Crippen LogP contribution < -0.4 is 5.32 Å². The summed E-state index contributed by atoms with van der Waals surface area (Å²) in [5.41, 5.74) is 0. The van der Waals surface area contributed by atoms with Gasteiger partial charge in [-0.25, -0.2) is 0 Å². The molecule has 0 saturated carbocycles. The van der Waals surface area contributed by atoms with Gasteiger partial charge in [0.05, 0.1) is 6.26 Å². The molecule has 1 N–H and O–H groups in total. The van der Waals surface area contributed by atoms with Gasteiger partial charge in [-0.2, -0.15) is 0 Å². The van der Waals surface area contributed by atoms with Crippen molar-refractivity contribution >= 4 is 0 Å². The lowest BCUT2D eigenvalue weighted by Crippen LogP contribution is -2.25. The molecule has 0 aliphatic heterocycles. The van der Waals surface area contributed by atoms with Crippen molar-refractivity contribution in [2.24, 2.45) is 0 Å². The van der Waals surface area contributed by atoms with Crippen LogP contribution in [0, 0.1) is 0 Å². The third kappa shape index (κ3) is 8.42. The number of hydrogen-bond donors (Lipinski definition) is 1. The van der Waals surface area contributed by atoms with Gasteiger partial charge in [0, 0.05) is 12.5 Å². The first kappa shape index (κ1) is 17.3. The summed E-state index contributed by atoms with van der Waals surface area (Å²) in [5.74, 6) is 1.11. The van der Waals surface area contributed by atoms with E-state index in [9.17, 15) is 0 Å². The Morgan fingerprint density at radius 3 is 2.30 bits per heavy atom. The molecule has 0 fully saturated rings. The molecule has 1 aromatic rings. The molecule has 116 valence electrons. The fraction of sp³-hybridized carbons (Fsp3) is 0.778. The van der Waals surface area contributed by atoms with Gasteiger partial charge in [-0.05, 0) is 32.0 Å². The van der Waals surface area contributed by atoms with E-state index in [1.807, 2.05) is 6.07 Å². The molecule has 20 heavy (non-hydrogen) atoms. The van der Waals surface area contributed by atoms with E-state index in [0.29, 0.717) is 6.04 Å². The molecule has 0 spiro atoms. The van der Waals surface area contributed by atoms with Crippen LogP contribution in [0.2, 0.25) is 0 Å². The third-order valence-electron chi connectivity index (χ3n) is 4.13. The summed E-state index contributed by atoms with van der Waals surface area (Å²) in [6.07, 6.45) is 16.5. The highest BCUT2D eigenvalue weighted by Crippen LogP contribution is 2.13. The van der Waals surface area contributed by atoms with Crippen molar-refractivity contribution in [2.45, 2.75) is 83.6 Å². The maximum Gasteiger partial charge on any atom is 0.103 e. The van der Waals surface area contributed by atoms with Crippen molar-refractivity contribution in [1.29, 1.82) is 0 Å². The SMILES string of the molecule is CCCCCCCCCCC(CCc1ccco1)NC. The Bertz CT molecular complexity index is 294. The number of hydrogen-bond acceptors (Lipinski definition) is 2. The van der Waals surface area contributed by atoms with Gasteiger partial charge in [0.15, 0.2) is 0 Å². The van der Waals surface area contributed by atoms with Gasteiger partial charge in [-0.1, -0.05) is 58.3 Å². The van der Waals surface area contributed by atoms with E-state index in [-0.39, 0.29) is 0 Å². The molecule has 0 amide bonds. The van der Waals surface area contributed by atoms with Gasteiger partial charge in [0.1, 0.15) is 5.76 Å². The van der Waals surface area contributed by atoms with Crippen LogP contribution in [-0.4, -0.2) is 13.1 Å². The minimum atomic E-state index is 0.639. The highest BCUT2D eigenvalue weighted by atomic mass is 16.3. The predicted octanol–water partition coefficient (Wildman–Crippen LogP) is 5.33. The molecule has 1 atom stereocenters. The topological polar surface area (TPSA) is 25.2 Å². The Hall–Kier alpha value is -0.760. The van der Waals surface area contributed by atoms with Crippen LogP contribution in [0.3, 0.4) is 0 Å². The van der Waals surface area contributed by atoms with Crippen molar-refractivity contribution in [3.63, 3.8) is 0 Å². The molecule has 2 nitrogen and oxygen atoms in total. The molecule has 1 heterocycles. The highest BCUT2D eigenvalue weighted by molar-refractivity contribution is 4.98. The number of unbranched alkanes of at least 4 members (excludes halogenated alkanes) is 7. The molecule has 0 aliphatic rings. The molecule has 2 heteroatoms. The first-order valence-electron chi connectivity index (χ1n) is 8.56. The molecule has 0 aliphatic carbocycles. The van der Waals surface area contributed by atoms with Gasteiger partial charge in [-0.3, -0.25) is 0 Å². The van der Waals surface area contributed by atoms with Gasteiger partial charge >= 0.3 is 0 Å². The first-order chi connectivity index (χ1) is 9.86. The second-order valence-corrected chi connectivity index (χ2v) is 5.87. The molecule has 0 radical (unpaired) electrons. The molecule has 1 rings (SSSR count). The van der Waals surface area contributed by atoms with Crippen LogP contribution in [0.1, 0.15) is 76.9 Å². The van der Waals surface area contributed by atoms with Crippen molar-refractivity contribution in [3.05, 3.63) is 24.2 Å². The van der Waals surface area contributed by atoms with Gasteiger partial charge in [-0.15, -0.1) is 0 Å². The number of aryl methyl sites for hydroxylation is 1. The lowest BCUT2D eigenvalue weighted by atomic mass is 10.0. The minimum Gasteiger partial charge on any atom is -0.469 e. The van der Waals surface area contributed by atoms with Crippen molar-refractivity contribution < 1.29 is 4.42 Å². The fourth-order valence-electron chi connectivity index (χ4n) is 2.73. The van der Waals surface area contributed by atoms with E-state index in [0.717, 1.165) is 12.2 Å². The Balaban J connectivity index is 1.95. The van der Waals surface area contributed by atoms with E-state index < -0.39 is 0 Å². The zero-order valence-corrected chi connectivity index (χ0v) is 13.5. The molecular formula is C18H33NO. The second kappa shape index (κ2) is 12.0. The lowest BCUT2D eigenvalue weighted by molar-refractivity contribution is 0.430. The van der Waals surface area contributed by atoms with Crippen molar-refractivity contribution in [3.8, 4) is 0 Å². The van der Waals surface area contributed by atoms with Crippen LogP contribution in [-0.2, 0) is 6.42 Å². The summed E-state index contributed by atoms with van der Waals surface area (Å²) in [6.45, 7) is 2.28. The Morgan fingerprint density at radius 2 is 1.70 bits per heavy atom. The van der Waals surface area contributed by atoms with Crippen LogP contribution in [0.25, 0.3) is 0 Å². The summed E-state index contributed by atoms with van der Waals surface area (Å²) in [7, 11) is 2.08. The highest BCUT2D eigenvalue weighted by Gasteiger charge is 2.07. The zero-order valence-electron chi connectivity index (χ0n) is 13.5. The number of nitrogens with one attached hydrogen (secondary N) is 1. The van der Waals surface area contributed by atoms with Crippen molar-refractivity contribution in [1.82, 2.24) is 5.32 Å². The maximum absolute atomic E-state index is 5.39.